The quantitative estimate of drug-likeness (QED) is 0.338. The number of ether oxygens (including phenoxy) is 2. The van der Waals surface area contributed by atoms with E-state index in [4.69, 9.17) is 9.47 Å². The zero-order chi connectivity index (χ0) is 20.4. The number of fused-ring (bicyclic) bond motifs is 1. The van der Waals surface area contributed by atoms with E-state index < -0.39 is 0 Å². The molecule has 2 nitrogen and oxygen atoms in total. The Hall–Kier alpha value is 1.06. The molecule has 0 fully saturated rings. The number of hydrogen-bond acceptors (Lipinski definition) is 11. The Kier molecular flexibility index (Phi) is 8.64. The van der Waals surface area contributed by atoms with Crippen molar-refractivity contribution in [3.05, 3.63) is 35.2 Å². The molecule has 0 radical (unpaired) electrons. The SMILES string of the molecule is CSC1=C(SC)SC(=Cc2sc(C=C3SC(SC)=C(SC)S3)c3c2OCCO3)S1. The van der Waals surface area contributed by atoms with Crippen LogP contribution in [0.25, 0.3) is 12.2 Å². The summed E-state index contributed by atoms with van der Waals surface area (Å²) in [7, 11) is 0. The van der Waals surface area contributed by atoms with Crippen molar-refractivity contribution >= 4 is 118 Å². The monoisotopic (exact) mass is 554 g/mol. The molecular formula is C18H18O2S9. The van der Waals surface area contributed by atoms with E-state index in [-0.39, 0.29) is 0 Å². The molecule has 0 bridgehead atoms. The molecule has 0 atom stereocenters. The van der Waals surface area contributed by atoms with Crippen LogP contribution < -0.4 is 9.47 Å². The Bertz CT molecular complexity index is 818. The molecule has 4 rings (SSSR count). The smallest absolute Gasteiger partial charge is 0.180 e. The molecule has 1 aromatic heterocycles. The largest absolute Gasteiger partial charge is 0.485 e. The molecule has 29 heavy (non-hydrogen) atoms. The highest BCUT2D eigenvalue weighted by molar-refractivity contribution is 8.41. The molecule has 1 aromatic rings. The molecule has 0 unspecified atom stereocenters. The third-order valence-corrected chi connectivity index (χ3v) is 15.0. The molecule has 3 aliphatic heterocycles. The Labute approximate surface area is 210 Å². The van der Waals surface area contributed by atoms with Crippen molar-refractivity contribution < 1.29 is 9.47 Å². The molecule has 0 aromatic carbocycles. The van der Waals surface area contributed by atoms with Gasteiger partial charge in [0.1, 0.15) is 13.2 Å². The van der Waals surface area contributed by atoms with E-state index in [0.29, 0.717) is 13.2 Å². The van der Waals surface area contributed by atoms with Crippen molar-refractivity contribution in [1.29, 1.82) is 0 Å². The fourth-order valence-corrected chi connectivity index (χ4v) is 13.8. The fraction of sp³-hybridized carbons (Fsp3) is 0.333. The summed E-state index contributed by atoms with van der Waals surface area (Å²) in [6.45, 7) is 1.22. The summed E-state index contributed by atoms with van der Waals surface area (Å²) in [4.78, 5) is 2.31. The van der Waals surface area contributed by atoms with Crippen LogP contribution in [0.2, 0.25) is 0 Å². The minimum Gasteiger partial charge on any atom is -0.485 e. The Morgan fingerprint density at radius 1 is 0.621 bits per heavy atom. The molecule has 0 N–H and O–H groups in total. The van der Waals surface area contributed by atoms with Crippen molar-refractivity contribution in [2.75, 3.05) is 38.2 Å². The molecule has 0 spiro atoms. The molecule has 0 saturated carbocycles. The zero-order valence-electron chi connectivity index (χ0n) is 16.1. The third-order valence-electron chi connectivity index (χ3n) is 3.80. The second kappa shape index (κ2) is 10.8. The van der Waals surface area contributed by atoms with Crippen molar-refractivity contribution in [1.82, 2.24) is 0 Å². The highest BCUT2D eigenvalue weighted by Gasteiger charge is 2.27. The van der Waals surface area contributed by atoms with Crippen molar-refractivity contribution in [2.45, 2.75) is 0 Å². The minimum atomic E-state index is 0.610. The average Bonchev–Trinajstić information content (AvgIpc) is 3.44. The van der Waals surface area contributed by atoms with Crippen LogP contribution in [0, 0.1) is 0 Å². The van der Waals surface area contributed by atoms with E-state index in [9.17, 15) is 0 Å². The van der Waals surface area contributed by atoms with Gasteiger partial charge in [-0.25, -0.2) is 0 Å². The van der Waals surface area contributed by atoms with Gasteiger partial charge >= 0.3 is 0 Å². The molecule has 11 heteroatoms. The maximum absolute atomic E-state index is 6.04. The van der Waals surface area contributed by atoms with Gasteiger partial charge in [0, 0.05) is 0 Å². The van der Waals surface area contributed by atoms with Gasteiger partial charge in [-0.3, -0.25) is 0 Å². The first kappa shape index (κ1) is 23.2. The lowest BCUT2D eigenvalue weighted by Crippen LogP contribution is -2.14. The maximum atomic E-state index is 6.04. The molecular weight excluding hydrogens is 537 g/mol. The number of rotatable bonds is 6. The Balaban J connectivity index is 1.63. The predicted molar refractivity (Wildman–Crippen MR) is 150 cm³/mol. The van der Waals surface area contributed by atoms with Crippen LogP contribution >= 0.6 is 105 Å². The van der Waals surface area contributed by atoms with Gasteiger partial charge in [0.15, 0.2) is 11.5 Å². The van der Waals surface area contributed by atoms with Crippen LogP contribution in [-0.2, 0) is 0 Å². The van der Waals surface area contributed by atoms with Gasteiger partial charge in [-0.05, 0) is 37.2 Å². The third kappa shape index (κ3) is 5.19. The van der Waals surface area contributed by atoms with Gasteiger partial charge in [-0.15, -0.1) is 58.4 Å². The lowest BCUT2D eigenvalue weighted by atomic mass is 10.3. The highest BCUT2D eigenvalue weighted by atomic mass is 32.3. The van der Waals surface area contributed by atoms with E-state index in [2.05, 4.69) is 37.2 Å². The number of thiophene rings is 1. The second-order valence-corrected chi connectivity index (χ2v) is 15.6. The molecule has 0 amide bonds. The molecule has 0 aliphatic carbocycles. The van der Waals surface area contributed by atoms with Gasteiger partial charge in [-0.1, -0.05) is 47.0 Å². The molecule has 0 saturated heterocycles. The van der Waals surface area contributed by atoms with Crippen molar-refractivity contribution in [2.24, 2.45) is 0 Å². The van der Waals surface area contributed by atoms with E-state index in [1.54, 1.807) is 11.3 Å². The highest BCUT2D eigenvalue weighted by Crippen LogP contribution is 2.59. The van der Waals surface area contributed by atoms with Crippen LogP contribution in [-0.4, -0.2) is 38.2 Å². The van der Waals surface area contributed by atoms with Gasteiger partial charge in [0.05, 0.1) is 35.2 Å². The normalized spacial score (nSPS) is 18.9. The Morgan fingerprint density at radius 3 is 1.28 bits per heavy atom. The topological polar surface area (TPSA) is 18.5 Å². The van der Waals surface area contributed by atoms with Crippen LogP contribution in [0.4, 0.5) is 0 Å². The van der Waals surface area contributed by atoms with E-state index >= 15 is 0 Å². The maximum Gasteiger partial charge on any atom is 0.180 e. The summed E-state index contributed by atoms with van der Waals surface area (Å²) < 4.78 is 20.2. The summed E-state index contributed by atoms with van der Waals surface area (Å²) in [5, 5.41) is 0. The fourth-order valence-electron chi connectivity index (χ4n) is 2.59. The average molecular weight is 555 g/mol. The van der Waals surface area contributed by atoms with Crippen molar-refractivity contribution in [3.8, 4) is 11.5 Å². The lowest BCUT2D eigenvalue weighted by molar-refractivity contribution is 0.173. The summed E-state index contributed by atoms with van der Waals surface area (Å²) in [6.07, 6.45) is 13.1. The van der Waals surface area contributed by atoms with Crippen molar-refractivity contribution in [3.63, 3.8) is 0 Å². The van der Waals surface area contributed by atoms with Gasteiger partial charge in [-0.2, -0.15) is 0 Å². The zero-order valence-corrected chi connectivity index (χ0v) is 23.4. The van der Waals surface area contributed by atoms with Gasteiger partial charge in [0.25, 0.3) is 0 Å². The Morgan fingerprint density at radius 2 is 0.966 bits per heavy atom. The molecule has 156 valence electrons. The van der Waals surface area contributed by atoms with E-state index in [1.165, 1.54) is 25.4 Å². The molecule has 3 aliphatic rings. The lowest BCUT2D eigenvalue weighted by Gasteiger charge is -2.16. The van der Waals surface area contributed by atoms with Crippen LogP contribution in [0.3, 0.4) is 0 Å². The summed E-state index contributed by atoms with van der Waals surface area (Å²) in [5.74, 6) is 1.81. The number of thioether (sulfide) groups is 8. The second-order valence-electron chi connectivity index (χ2n) is 5.49. The van der Waals surface area contributed by atoms with Crippen LogP contribution in [0.5, 0.6) is 11.5 Å². The van der Waals surface area contributed by atoms with Crippen LogP contribution in [0.1, 0.15) is 9.75 Å². The summed E-state index contributed by atoms with van der Waals surface area (Å²) >= 11 is 16.5. The summed E-state index contributed by atoms with van der Waals surface area (Å²) in [5.41, 5.74) is 0. The van der Waals surface area contributed by atoms with Gasteiger partial charge < -0.3 is 9.47 Å². The molecule has 4 heterocycles. The van der Waals surface area contributed by atoms with Gasteiger partial charge in [0.2, 0.25) is 0 Å². The first-order valence-corrected chi connectivity index (χ1v) is 17.4. The summed E-state index contributed by atoms with van der Waals surface area (Å²) in [6, 6.07) is 0. The first-order valence-electron chi connectivity index (χ1n) is 8.38. The predicted octanol–water partition coefficient (Wildman–Crippen LogP) is 8.78. The standard InChI is InChI=1S/C18H18O2S9/c1-21-15-16(22-2)27-11(26-15)7-9-13-14(20-6-5-19-13)10(25-9)8-12-28-17(23-3)18(24-4)29-12/h7-8H,5-6H2,1-4H3. The van der Waals surface area contributed by atoms with Crippen LogP contribution in [0.15, 0.2) is 25.4 Å². The minimum absolute atomic E-state index is 0.610. The van der Waals surface area contributed by atoms with E-state index in [1.807, 2.05) is 94.1 Å². The number of hydrogen-bond donors (Lipinski definition) is 0. The first-order chi connectivity index (χ1) is 14.2. The van der Waals surface area contributed by atoms with E-state index in [0.717, 1.165) is 21.3 Å².